The van der Waals surface area contributed by atoms with Crippen molar-refractivity contribution in [1.29, 1.82) is 0 Å². The largest absolute Gasteiger partial charge is 0.392 e. The van der Waals surface area contributed by atoms with Gasteiger partial charge in [-0.1, -0.05) is 0 Å². The van der Waals surface area contributed by atoms with Crippen LogP contribution in [0.15, 0.2) is 0 Å². The van der Waals surface area contributed by atoms with Gasteiger partial charge in [-0.25, -0.2) is 0 Å². The van der Waals surface area contributed by atoms with Gasteiger partial charge in [0.25, 0.3) is 0 Å². The van der Waals surface area contributed by atoms with Gasteiger partial charge in [-0.05, 0) is 13.3 Å². The van der Waals surface area contributed by atoms with Crippen LogP contribution < -0.4 is 5.73 Å². The molecule has 0 spiro atoms. The number of hydrogen-bond donors (Lipinski definition) is 2. The fourth-order valence-electron chi connectivity index (χ4n) is 1.39. The van der Waals surface area contributed by atoms with Crippen LogP contribution in [0.2, 0.25) is 0 Å². The lowest BCUT2D eigenvalue weighted by Gasteiger charge is -2.16. The zero-order chi connectivity index (χ0) is 7.56. The molecule has 3 heteroatoms. The highest BCUT2D eigenvalue weighted by molar-refractivity contribution is 4.76. The monoisotopic (exact) mass is 144 g/mol. The third-order valence-corrected chi connectivity index (χ3v) is 1.79. The zero-order valence-electron chi connectivity index (χ0n) is 6.45. The summed E-state index contributed by atoms with van der Waals surface area (Å²) in [4.78, 5) is 2.20. The lowest BCUT2D eigenvalue weighted by molar-refractivity contribution is 0.175. The number of β-amino-alcohol motifs (C(OH)–C–C–N with tert-alkyl or cyclic N) is 1. The second kappa shape index (κ2) is 3.32. The van der Waals surface area contributed by atoms with Crippen molar-refractivity contribution in [3.05, 3.63) is 0 Å². The fraction of sp³-hybridized carbons (Fsp3) is 1.00. The van der Waals surface area contributed by atoms with Crippen LogP contribution in [0.25, 0.3) is 0 Å². The van der Waals surface area contributed by atoms with Gasteiger partial charge in [0.1, 0.15) is 0 Å². The maximum absolute atomic E-state index is 9.13. The molecule has 0 radical (unpaired) electrons. The molecule has 1 fully saturated rings. The maximum Gasteiger partial charge on any atom is 0.0679 e. The Morgan fingerprint density at radius 1 is 1.80 bits per heavy atom. The van der Waals surface area contributed by atoms with Crippen LogP contribution in [0.1, 0.15) is 13.3 Å². The van der Waals surface area contributed by atoms with Crippen molar-refractivity contribution in [2.24, 2.45) is 5.73 Å². The van der Waals surface area contributed by atoms with Gasteiger partial charge < -0.3 is 10.8 Å². The quantitative estimate of drug-likeness (QED) is 0.544. The molecule has 0 amide bonds. The number of aliphatic hydroxyl groups excluding tert-OH is 1. The van der Waals surface area contributed by atoms with Crippen LogP contribution in [-0.2, 0) is 0 Å². The van der Waals surface area contributed by atoms with E-state index in [-0.39, 0.29) is 12.1 Å². The molecular formula is C7H16N2O. The number of hydrogen-bond acceptors (Lipinski definition) is 3. The Morgan fingerprint density at radius 3 is 2.90 bits per heavy atom. The van der Waals surface area contributed by atoms with Gasteiger partial charge in [0.2, 0.25) is 0 Å². The van der Waals surface area contributed by atoms with Crippen molar-refractivity contribution in [3.63, 3.8) is 0 Å². The van der Waals surface area contributed by atoms with Gasteiger partial charge in [0, 0.05) is 25.7 Å². The maximum atomic E-state index is 9.13. The first-order valence-corrected chi connectivity index (χ1v) is 3.84. The summed E-state index contributed by atoms with van der Waals surface area (Å²) >= 11 is 0. The van der Waals surface area contributed by atoms with E-state index < -0.39 is 0 Å². The van der Waals surface area contributed by atoms with E-state index in [9.17, 15) is 0 Å². The van der Waals surface area contributed by atoms with Crippen LogP contribution in [0.3, 0.4) is 0 Å². The Balaban J connectivity index is 2.18. The molecule has 60 valence electrons. The minimum atomic E-state index is -0.112. The van der Waals surface area contributed by atoms with Crippen molar-refractivity contribution in [2.75, 3.05) is 19.6 Å². The molecule has 0 aromatic heterocycles. The van der Waals surface area contributed by atoms with Gasteiger partial charge in [-0.15, -0.1) is 0 Å². The molecular weight excluding hydrogens is 128 g/mol. The molecule has 1 saturated heterocycles. The number of nitrogens with zero attached hydrogens (tertiary/aromatic N) is 1. The van der Waals surface area contributed by atoms with E-state index in [1.165, 1.54) is 0 Å². The fourth-order valence-corrected chi connectivity index (χ4v) is 1.39. The first-order valence-electron chi connectivity index (χ1n) is 3.84. The summed E-state index contributed by atoms with van der Waals surface area (Å²) in [5, 5.41) is 9.13. The summed E-state index contributed by atoms with van der Waals surface area (Å²) in [6, 6.07) is 0.227. The number of nitrogens with two attached hydrogens (primary N) is 1. The van der Waals surface area contributed by atoms with Gasteiger partial charge in [-0.2, -0.15) is 0 Å². The minimum Gasteiger partial charge on any atom is -0.392 e. The topological polar surface area (TPSA) is 49.5 Å². The van der Waals surface area contributed by atoms with E-state index in [0.29, 0.717) is 0 Å². The Labute approximate surface area is 61.8 Å². The molecule has 1 rings (SSSR count). The van der Waals surface area contributed by atoms with Gasteiger partial charge in [-0.3, -0.25) is 4.90 Å². The van der Waals surface area contributed by atoms with E-state index in [4.69, 9.17) is 10.8 Å². The molecule has 0 aliphatic carbocycles. The molecule has 3 nitrogen and oxygen atoms in total. The predicted molar refractivity (Wildman–Crippen MR) is 40.7 cm³/mol. The summed E-state index contributed by atoms with van der Waals surface area (Å²) in [5.74, 6) is 0. The molecule has 1 aliphatic heterocycles. The molecule has 0 saturated carbocycles. The van der Waals surface area contributed by atoms with E-state index in [1.807, 2.05) is 6.92 Å². The summed E-state index contributed by atoms with van der Waals surface area (Å²) in [6.07, 6.45) is 0.797. The number of rotatable bonds is 2. The number of aliphatic hydroxyl groups is 1. The van der Waals surface area contributed by atoms with Crippen LogP contribution >= 0.6 is 0 Å². The van der Waals surface area contributed by atoms with Crippen molar-refractivity contribution < 1.29 is 5.11 Å². The Morgan fingerprint density at radius 2 is 2.50 bits per heavy atom. The number of likely N-dealkylation sites (tertiary alicyclic amines) is 1. The van der Waals surface area contributed by atoms with E-state index in [0.717, 1.165) is 26.1 Å². The molecule has 0 aromatic rings. The predicted octanol–water partition coefficient (Wildman–Crippen LogP) is -0.600. The average molecular weight is 144 g/mol. The SMILES string of the molecule is CC(N)CN1CC[C@H](O)C1. The summed E-state index contributed by atoms with van der Waals surface area (Å²) < 4.78 is 0. The lowest BCUT2D eigenvalue weighted by atomic mass is 10.3. The smallest absolute Gasteiger partial charge is 0.0679 e. The standard InChI is InChI=1S/C7H16N2O/c1-6(8)4-9-3-2-7(10)5-9/h6-7,10H,2-5,8H2,1H3/t6?,7-/m0/s1. The van der Waals surface area contributed by atoms with Crippen molar-refractivity contribution >= 4 is 0 Å². The molecule has 1 aliphatic rings. The van der Waals surface area contributed by atoms with Crippen LogP contribution in [0.4, 0.5) is 0 Å². The first kappa shape index (κ1) is 7.98. The van der Waals surface area contributed by atoms with Crippen molar-refractivity contribution in [2.45, 2.75) is 25.5 Å². The van der Waals surface area contributed by atoms with Crippen molar-refractivity contribution in [1.82, 2.24) is 4.90 Å². The zero-order valence-corrected chi connectivity index (χ0v) is 6.45. The van der Waals surface area contributed by atoms with Gasteiger partial charge in [0.15, 0.2) is 0 Å². The molecule has 0 bridgehead atoms. The van der Waals surface area contributed by atoms with Crippen molar-refractivity contribution in [3.8, 4) is 0 Å². The summed E-state index contributed by atoms with van der Waals surface area (Å²) in [6.45, 7) is 4.71. The molecule has 10 heavy (non-hydrogen) atoms. The molecule has 2 atom stereocenters. The van der Waals surface area contributed by atoms with Crippen LogP contribution in [0, 0.1) is 0 Å². The van der Waals surface area contributed by atoms with Crippen LogP contribution in [0.5, 0.6) is 0 Å². The normalized spacial score (nSPS) is 30.9. The highest BCUT2D eigenvalue weighted by Gasteiger charge is 2.19. The van der Waals surface area contributed by atoms with Crippen LogP contribution in [-0.4, -0.2) is 41.8 Å². The lowest BCUT2D eigenvalue weighted by Crippen LogP contribution is -2.34. The Hall–Kier alpha value is -0.120. The van der Waals surface area contributed by atoms with Gasteiger partial charge >= 0.3 is 0 Å². The molecule has 1 heterocycles. The second-order valence-corrected chi connectivity index (χ2v) is 3.18. The third kappa shape index (κ3) is 2.25. The van der Waals surface area contributed by atoms with Gasteiger partial charge in [0.05, 0.1) is 6.10 Å². The van der Waals surface area contributed by atoms with E-state index >= 15 is 0 Å². The van der Waals surface area contributed by atoms with E-state index in [1.54, 1.807) is 0 Å². The minimum absolute atomic E-state index is 0.112. The highest BCUT2D eigenvalue weighted by Crippen LogP contribution is 2.07. The Bertz CT molecular complexity index is 106. The third-order valence-electron chi connectivity index (χ3n) is 1.79. The molecule has 3 N–H and O–H groups in total. The Kier molecular flexibility index (Phi) is 2.65. The first-order chi connectivity index (χ1) is 4.68. The van der Waals surface area contributed by atoms with E-state index in [2.05, 4.69) is 4.90 Å². The second-order valence-electron chi connectivity index (χ2n) is 3.18. The molecule has 0 aromatic carbocycles. The molecule has 1 unspecified atom stereocenters. The summed E-state index contributed by atoms with van der Waals surface area (Å²) in [5.41, 5.74) is 5.59. The summed E-state index contributed by atoms with van der Waals surface area (Å²) in [7, 11) is 0. The highest BCUT2D eigenvalue weighted by atomic mass is 16.3. The average Bonchev–Trinajstić information content (AvgIpc) is 2.13.